The second kappa shape index (κ2) is 11.1. The molecule has 0 aliphatic carbocycles. The Labute approximate surface area is 170 Å². The lowest BCUT2D eigenvalue weighted by Crippen LogP contribution is -2.38. The highest BCUT2D eigenvalue weighted by Crippen LogP contribution is 2.22. The average Bonchev–Trinajstić information content (AvgIpc) is 3.18. The molecule has 1 aliphatic heterocycles. The van der Waals surface area contributed by atoms with Crippen molar-refractivity contribution in [3.63, 3.8) is 0 Å². The smallest absolute Gasteiger partial charge is 0.261 e. The maximum absolute atomic E-state index is 12.8. The Morgan fingerprint density at radius 3 is 2.79 bits per heavy atom. The van der Waals surface area contributed by atoms with Crippen LogP contribution in [0.4, 0.5) is 10.9 Å². The summed E-state index contributed by atoms with van der Waals surface area (Å²) in [4.78, 5) is 19.3. The molecule has 1 N–H and O–H groups in total. The molecule has 28 heavy (non-hydrogen) atoms. The van der Waals surface area contributed by atoms with E-state index >= 15 is 0 Å². The van der Waals surface area contributed by atoms with E-state index in [9.17, 15) is 4.79 Å². The van der Waals surface area contributed by atoms with E-state index < -0.39 is 0 Å². The van der Waals surface area contributed by atoms with E-state index in [1.807, 2.05) is 0 Å². The Balaban J connectivity index is 1.53. The normalized spacial score (nSPS) is 14.2. The molecule has 8 heteroatoms. The lowest BCUT2D eigenvalue weighted by Gasteiger charge is -2.28. The van der Waals surface area contributed by atoms with Gasteiger partial charge < -0.3 is 9.64 Å². The number of morpholine rings is 1. The zero-order valence-corrected chi connectivity index (χ0v) is 17.3. The Morgan fingerprint density at radius 2 is 1.96 bits per heavy atom. The number of nitrogens with zero attached hydrogens (tertiary/aromatic N) is 4. The molecular weight excluding hydrogens is 374 g/mol. The van der Waals surface area contributed by atoms with Crippen molar-refractivity contribution in [3.8, 4) is 0 Å². The Bertz CT molecular complexity index is 746. The van der Waals surface area contributed by atoms with E-state index in [0.717, 1.165) is 30.9 Å². The highest BCUT2D eigenvalue weighted by molar-refractivity contribution is 7.15. The largest absolute Gasteiger partial charge is 0.378 e. The minimum Gasteiger partial charge on any atom is -0.378 e. The predicted molar refractivity (Wildman–Crippen MR) is 112 cm³/mol. The van der Waals surface area contributed by atoms with Gasteiger partial charge >= 0.3 is 0 Å². The van der Waals surface area contributed by atoms with E-state index in [1.165, 1.54) is 43.4 Å². The molecule has 0 radical (unpaired) electrons. The number of carbonyl (C=O) groups excluding carboxylic acids is 1. The first-order valence-corrected chi connectivity index (χ1v) is 11.0. The maximum atomic E-state index is 12.8. The number of aryl methyl sites for hydroxylation is 1. The minimum atomic E-state index is -0.197. The third kappa shape index (κ3) is 5.97. The first-order chi connectivity index (χ1) is 13.8. The molecule has 2 aromatic rings. The third-order valence-electron chi connectivity index (χ3n) is 4.77. The number of unbranched alkanes of at least 4 members (excludes halogenated alkanes) is 5. The number of anilines is 2. The average molecular weight is 404 g/mol. The predicted octanol–water partition coefficient (Wildman–Crippen LogP) is 3.93. The zero-order chi connectivity index (χ0) is 19.6. The Hall–Kier alpha value is -2.06. The molecule has 7 nitrogen and oxygen atoms in total. The Morgan fingerprint density at radius 1 is 1.18 bits per heavy atom. The van der Waals surface area contributed by atoms with Gasteiger partial charge in [-0.2, -0.15) is 0 Å². The van der Waals surface area contributed by atoms with Crippen molar-refractivity contribution in [2.24, 2.45) is 0 Å². The van der Waals surface area contributed by atoms with Crippen molar-refractivity contribution in [1.82, 2.24) is 15.2 Å². The fourth-order valence-electron chi connectivity index (χ4n) is 3.23. The molecule has 0 saturated carbocycles. The molecule has 0 bridgehead atoms. The van der Waals surface area contributed by atoms with Crippen LogP contribution in [-0.4, -0.2) is 47.4 Å². The summed E-state index contributed by atoms with van der Waals surface area (Å²) >= 11 is 1.46. The number of hydrogen-bond donors (Lipinski definition) is 1. The standard InChI is InChI=1S/C20H29N5O2S/c1-2-3-4-5-6-7-10-17-23-24-20(28-17)22-19(26)16-9-8-11-21-18(16)25-12-14-27-15-13-25/h8-9,11H,2-7,10,12-15H2,1H3,(H,22,24,26). The van der Waals surface area contributed by atoms with Crippen molar-refractivity contribution in [1.29, 1.82) is 0 Å². The van der Waals surface area contributed by atoms with E-state index in [2.05, 4.69) is 32.3 Å². The van der Waals surface area contributed by atoms with Crippen LogP contribution in [0.3, 0.4) is 0 Å². The van der Waals surface area contributed by atoms with E-state index in [0.29, 0.717) is 29.7 Å². The van der Waals surface area contributed by atoms with Crippen LogP contribution < -0.4 is 10.2 Å². The van der Waals surface area contributed by atoms with Crippen LogP contribution >= 0.6 is 11.3 Å². The highest BCUT2D eigenvalue weighted by atomic mass is 32.1. The number of ether oxygens (including phenoxy) is 1. The molecule has 0 unspecified atom stereocenters. The van der Waals surface area contributed by atoms with Crippen molar-refractivity contribution in [2.75, 3.05) is 36.5 Å². The quantitative estimate of drug-likeness (QED) is 0.606. The first-order valence-electron chi connectivity index (χ1n) is 10.2. The number of pyridine rings is 1. The molecule has 1 fully saturated rings. The third-order valence-corrected chi connectivity index (χ3v) is 5.67. The summed E-state index contributed by atoms with van der Waals surface area (Å²) < 4.78 is 5.39. The summed E-state index contributed by atoms with van der Waals surface area (Å²) in [5.41, 5.74) is 0.553. The van der Waals surface area contributed by atoms with Crippen molar-refractivity contribution in [3.05, 3.63) is 28.9 Å². The molecule has 2 aromatic heterocycles. The number of carbonyl (C=O) groups is 1. The van der Waals surface area contributed by atoms with Gasteiger partial charge in [0.1, 0.15) is 10.8 Å². The van der Waals surface area contributed by atoms with Crippen LogP contribution in [0.15, 0.2) is 18.3 Å². The monoisotopic (exact) mass is 403 g/mol. The van der Waals surface area contributed by atoms with Gasteiger partial charge in [-0.3, -0.25) is 10.1 Å². The van der Waals surface area contributed by atoms with Gasteiger partial charge in [-0.05, 0) is 18.6 Å². The molecule has 0 aromatic carbocycles. The number of amides is 1. The fourth-order valence-corrected chi connectivity index (χ4v) is 4.00. The molecule has 3 rings (SSSR count). The van der Waals surface area contributed by atoms with E-state index in [-0.39, 0.29) is 5.91 Å². The second-order valence-electron chi connectivity index (χ2n) is 6.95. The fraction of sp³-hybridized carbons (Fsp3) is 0.600. The van der Waals surface area contributed by atoms with E-state index in [4.69, 9.17) is 4.74 Å². The van der Waals surface area contributed by atoms with Crippen molar-refractivity contribution < 1.29 is 9.53 Å². The van der Waals surface area contributed by atoms with Crippen LogP contribution in [0.1, 0.15) is 60.8 Å². The summed E-state index contributed by atoms with van der Waals surface area (Å²) in [7, 11) is 0. The second-order valence-corrected chi connectivity index (χ2v) is 8.01. The van der Waals surface area contributed by atoms with Crippen LogP contribution in [0.5, 0.6) is 0 Å². The van der Waals surface area contributed by atoms with Gasteiger partial charge in [0.25, 0.3) is 5.91 Å². The Kier molecular flexibility index (Phi) is 8.17. The van der Waals surface area contributed by atoms with Gasteiger partial charge in [-0.1, -0.05) is 50.4 Å². The van der Waals surface area contributed by atoms with Gasteiger partial charge in [0, 0.05) is 25.7 Å². The molecule has 0 spiro atoms. The summed E-state index contributed by atoms with van der Waals surface area (Å²) in [6, 6.07) is 3.58. The van der Waals surface area contributed by atoms with E-state index in [1.54, 1.807) is 18.3 Å². The molecule has 1 aliphatic rings. The highest BCUT2D eigenvalue weighted by Gasteiger charge is 2.20. The first kappa shape index (κ1) is 20.7. The van der Waals surface area contributed by atoms with Crippen molar-refractivity contribution >= 4 is 28.2 Å². The molecule has 1 saturated heterocycles. The summed E-state index contributed by atoms with van der Waals surface area (Å²) in [6.07, 6.45) is 10.2. The molecule has 0 atom stereocenters. The molecule has 1 amide bonds. The SMILES string of the molecule is CCCCCCCCc1nnc(NC(=O)c2cccnc2N2CCOCC2)s1. The molecular formula is C20H29N5O2S. The molecule has 3 heterocycles. The summed E-state index contributed by atoms with van der Waals surface area (Å²) in [5.74, 6) is 0.497. The zero-order valence-electron chi connectivity index (χ0n) is 16.5. The summed E-state index contributed by atoms with van der Waals surface area (Å²) in [5, 5.41) is 12.8. The van der Waals surface area contributed by atoms with Gasteiger partial charge in [0.2, 0.25) is 5.13 Å². The summed E-state index contributed by atoms with van der Waals surface area (Å²) in [6.45, 7) is 5.00. The number of aromatic nitrogens is 3. The topological polar surface area (TPSA) is 80.2 Å². The van der Waals surface area contributed by atoms with Gasteiger partial charge in [-0.25, -0.2) is 4.98 Å². The van der Waals surface area contributed by atoms with Crippen LogP contribution in [0, 0.1) is 0 Å². The number of rotatable bonds is 10. The van der Waals surface area contributed by atoms with Gasteiger partial charge in [-0.15, -0.1) is 10.2 Å². The van der Waals surface area contributed by atoms with Gasteiger partial charge in [0.15, 0.2) is 0 Å². The molecule has 152 valence electrons. The van der Waals surface area contributed by atoms with Crippen molar-refractivity contribution in [2.45, 2.75) is 51.9 Å². The van der Waals surface area contributed by atoms with Crippen LogP contribution in [0.25, 0.3) is 0 Å². The number of nitrogens with one attached hydrogen (secondary N) is 1. The minimum absolute atomic E-state index is 0.197. The maximum Gasteiger partial charge on any atom is 0.261 e. The van der Waals surface area contributed by atoms with Crippen LogP contribution in [0.2, 0.25) is 0 Å². The van der Waals surface area contributed by atoms with Crippen LogP contribution in [-0.2, 0) is 11.2 Å². The van der Waals surface area contributed by atoms with Gasteiger partial charge in [0.05, 0.1) is 18.8 Å². The lowest BCUT2D eigenvalue weighted by atomic mass is 10.1. The lowest BCUT2D eigenvalue weighted by molar-refractivity contribution is 0.102. The number of hydrogen-bond acceptors (Lipinski definition) is 7.